The van der Waals surface area contributed by atoms with Crippen LogP contribution < -0.4 is 5.32 Å². The van der Waals surface area contributed by atoms with Gasteiger partial charge in [-0.05, 0) is 48.2 Å². The van der Waals surface area contributed by atoms with Crippen LogP contribution in [0.15, 0.2) is 48.7 Å². The Labute approximate surface area is 182 Å². The number of nitrogens with one attached hydrogen (secondary N) is 1. The maximum Gasteiger partial charge on any atom is 0.322 e. The summed E-state index contributed by atoms with van der Waals surface area (Å²) in [6, 6.07) is 11.9. The summed E-state index contributed by atoms with van der Waals surface area (Å²) in [5, 5.41) is 2.76. The lowest BCUT2D eigenvalue weighted by molar-refractivity contribution is 0.181. The van der Waals surface area contributed by atoms with Crippen molar-refractivity contribution in [1.82, 2.24) is 9.80 Å². The number of ether oxygens (including phenoxy) is 1. The number of rotatable bonds is 7. The summed E-state index contributed by atoms with van der Waals surface area (Å²) < 4.78 is 18.6. The van der Waals surface area contributed by atoms with E-state index in [2.05, 4.69) is 28.5 Å². The van der Waals surface area contributed by atoms with Gasteiger partial charge in [0.25, 0.3) is 0 Å². The first kappa shape index (κ1) is 22.1. The lowest BCUT2D eigenvalue weighted by Crippen LogP contribution is -2.40. The first-order valence-electron chi connectivity index (χ1n) is 9.92. The van der Waals surface area contributed by atoms with Crippen molar-refractivity contribution < 1.29 is 13.9 Å². The molecule has 1 atom stereocenters. The van der Waals surface area contributed by atoms with Crippen molar-refractivity contribution in [1.29, 1.82) is 0 Å². The number of urea groups is 1. The van der Waals surface area contributed by atoms with Gasteiger partial charge >= 0.3 is 6.03 Å². The van der Waals surface area contributed by atoms with E-state index in [1.807, 2.05) is 19.1 Å². The van der Waals surface area contributed by atoms with E-state index >= 15 is 0 Å². The average molecular weight is 432 g/mol. The minimum absolute atomic E-state index is 0.0286. The summed E-state index contributed by atoms with van der Waals surface area (Å²) in [6.07, 6.45) is 3.07. The molecule has 160 valence electrons. The molecule has 0 aliphatic carbocycles. The molecule has 2 aromatic carbocycles. The van der Waals surface area contributed by atoms with Gasteiger partial charge in [0.1, 0.15) is 5.82 Å². The highest BCUT2D eigenvalue weighted by atomic mass is 35.5. The fourth-order valence-corrected chi connectivity index (χ4v) is 3.71. The Morgan fingerprint density at radius 3 is 2.83 bits per heavy atom. The number of methoxy groups -OCH3 is 1. The van der Waals surface area contributed by atoms with Gasteiger partial charge in [0.15, 0.2) is 0 Å². The minimum atomic E-state index is -0.520. The average Bonchev–Trinajstić information content (AvgIpc) is 2.75. The first-order valence-corrected chi connectivity index (χ1v) is 10.3. The van der Waals surface area contributed by atoms with Crippen LogP contribution in [0.2, 0.25) is 5.02 Å². The Morgan fingerprint density at radius 1 is 1.33 bits per heavy atom. The number of anilines is 1. The molecular formula is C23H27ClFN3O2. The SMILES string of the molecule is COCCCN1C=C(C(C)N(C)C(=O)Nc2ccc(F)c(Cl)c2)c2ccccc2C1. The molecule has 3 rings (SSSR count). The van der Waals surface area contributed by atoms with Crippen molar-refractivity contribution in [3.8, 4) is 0 Å². The number of halogens is 2. The van der Waals surface area contributed by atoms with Crippen LogP contribution in [0, 0.1) is 5.82 Å². The maximum atomic E-state index is 13.4. The molecule has 2 amide bonds. The highest BCUT2D eigenvalue weighted by Crippen LogP contribution is 2.31. The molecule has 0 saturated heterocycles. The Balaban J connectivity index is 1.78. The van der Waals surface area contributed by atoms with E-state index in [1.54, 1.807) is 19.1 Å². The van der Waals surface area contributed by atoms with Crippen LogP contribution in [0.1, 0.15) is 24.5 Å². The molecule has 0 saturated carbocycles. The van der Waals surface area contributed by atoms with Gasteiger partial charge in [0.05, 0.1) is 11.1 Å². The van der Waals surface area contributed by atoms with Gasteiger partial charge in [0, 0.05) is 45.7 Å². The Hall–Kier alpha value is -2.57. The predicted octanol–water partition coefficient (Wildman–Crippen LogP) is 5.22. The van der Waals surface area contributed by atoms with Gasteiger partial charge in [-0.1, -0.05) is 35.9 Å². The van der Waals surface area contributed by atoms with E-state index in [0.717, 1.165) is 30.6 Å². The van der Waals surface area contributed by atoms with Gasteiger partial charge in [-0.15, -0.1) is 0 Å². The van der Waals surface area contributed by atoms with Crippen molar-refractivity contribution in [2.45, 2.75) is 25.9 Å². The normalized spacial score (nSPS) is 14.0. The van der Waals surface area contributed by atoms with Gasteiger partial charge in [-0.3, -0.25) is 0 Å². The Bertz CT molecular complexity index is 934. The van der Waals surface area contributed by atoms with Gasteiger partial charge in [0.2, 0.25) is 0 Å². The van der Waals surface area contributed by atoms with Crippen LogP contribution in [-0.2, 0) is 11.3 Å². The van der Waals surface area contributed by atoms with Crippen molar-refractivity contribution in [3.63, 3.8) is 0 Å². The number of amides is 2. The Morgan fingerprint density at radius 2 is 2.10 bits per heavy atom. The molecule has 1 aliphatic rings. The number of hydrogen-bond donors (Lipinski definition) is 1. The molecule has 1 aliphatic heterocycles. The molecule has 1 heterocycles. The third-order valence-electron chi connectivity index (χ3n) is 5.34. The fraction of sp³-hybridized carbons (Fsp3) is 0.348. The molecule has 1 N–H and O–H groups in total. The van der Waals surface area contributed by atoms with Crippen LogP contribution in [0.5, 0.6) is 0 Å². The zero-order chi connectivity index (χ0) is 21.7. The standard InChI is InChI=1S/C23H27ClFN3O2/c1-16(27(2)23(29)26-18-9-10-22(25)21(24)13-18)20-15-28(11-6-12-30-3)14-17-7-4-5-8-19(17)20/h4-5,7-10,13,15-16H,6,11-12,14H2,1-3H3,(H,26,29). The summed E-state index contributed by atoms with van der Waals surface area (Å²) in [4.78, 5) is 16.7. The summed E-state index contributed by atoms with van der Waals surface area (Å²) >= 11 is 5.82. The second-order valence-electron chi connectivity index (χ2n) is 7.40. The maximum absolute atomic E-state index is 13.4. The van der Waals surface area contributed by atoms with E-state index in [4.69, 9.17) is 16.3 Å². The molecule has 0 fully saturated rings. The second-order valence-corrected chi connectivity index (χ2v) is 7.81. The molecule has 0 aromatic heterocycles. The second kappa shape index (κ2) is 9.96. The molecule has 0 bridgehead atoms. The van der Waals surface area contributed by atoms with Crippen molar-refractivity contribution in [2.24, 2.45) is 0 Å². The molecule has 7 heteroatoms. The summed E-state index contributed by atoms with van der Waals surface area (Å²) in [6.45, 7) is 4.42. The predicted molar refractivity (Wildman–Crippen MR) is 119 cm³/mol. The highest BCUT2D eigenvalue weighted by Gasteiger charge is 2.26. The summed E-state index contributed by atoms with van der Waals surface area (Å²) in [5.74, 6) is -0.520. The zero-order valence-electron chi connectivity index (χ0n) is 17.5. The molecule has 0 radical (unpaired) electrons. The number of benzene rings is 2. The van der Waals surface area contributed by atoms with Crippen LogP contribution in [0.25, 0.3) is 5.57 Å². The Kier molecular flexibility index (Phi) is 7.34. The van der Waals surface area contributed by atoms with E-state index in [-0.39, 0.29) is 17.1 Å². The molecule has 5 nitrogen and oxygen atoms in total. The van der Waals surface area contributed by atoms with Crippen LogP contribution in [0.4, 0.5) is 14.9 Å². The monoisotopic (exact) mass is 431 g/mol. The molecular weight excluding hydrogens is 405 g/mol. The smallest absolute Gasteiger partial charge is 0.322 e. The fourth-order valence-electron chi connectivity index (χ4n) is 3.53. The molecule has 2 aromatic rings. The third kappa shape index (κ3) is 5.12. The molecule has 0 spiro atoms. The topological polar surface area (TPSA) is 44.8 Å². The van der Waals surface area contributed by atoms with Crippen LogP contribution >= 0.6 is 11.6 Å². The van der Waals surface area contributed by atoms with Crippen LogP contribution in [-0.4, -0.2) is 49.2 Å². The number of carbonyl (C=O) groups is 1. The zero-order valence-corrected chi connectivity index (χ0v) is 18.2. The summed E-state index contributed by atoms with van der Waals surface area (Å²) in [5.41, 5.74) is 3.91. The quantitative estimate of drug-likeness (QED) is 0.611. The molecule has 1 unspecified atom stereocenters. The largest absolute Gasteiger partial charge is 0.385 e. The van der Waals surface area contributed by atoms with Crippen molar-refractivity contribution in [3.05, 3.63) is 70.6 Å². The minimum Gasteiger partial charge on any atom is -0.385 e. The number of fused-ring (bicyclic) bond motifs is 1. The van der Waals surface area contributed by atoms with E-state index in [0.29, 0.717) is 12.3 Å². The lowest BCUT2D eigenvalue weighted by atomic mass is 9.92. The van der Waals surface area contributed by atoms with Crippen molar-refractivity contribution >= 4 is 28.9 Å². The lowest BCUT2D eigenvalue weighted by Gasteiger charge is -2.34. The number of hydrogen-bond acceptors (Lipinski definition) is 3. The van der Waals surface area contributed by atoms with E-state index in [9.17, 15) is 9.18 Å². The van der Waals surface area contributed by atoms with Gasteiger partial charge in [-0.2, -0.15) is 0 Å². The van der Waals surface area contributed by atoms with E-state index < -0.39 is 5.82 Å². The van der Waals surface area contributed by atoms with Crippen LogP contribution in [0.3, 0.4) is 0 Å². The number of nitrogens with zero attached hydrogens (tertiary/aromatic N) is 2. The van der Waals surface area contributed by atoms with E-state index in [1.165, 1.54) is 23.8 Å². The number of carbonyl (C=O) groups excluding carboxylic acids is 1. The highest BCUT2D eigenvalue weighted by molar-refractivity contribution is 6.31. The molecule has 30 heavy (non-hydrogen) atoms. The van der Waals surface area contributed by atoms with Gasteiger partial charge < -0.3 is 19.9 Å². The number of likely N-dealkylation sites (N-methyl/N-ethyl adjacent to an activating group) is 1. The summed E-state index contributed by atoms with van der Waals surface area (Å²) in [7, 11) is 3.45. The third-order valence-corrected chi connectivity index (χ3v) is 5.63. The first-order chi connectivity index (χ1) is 14.4. The van der Waals surface area contributed by atoms with Crippen molar-refractivity contribution in [2.75, 3.05) is 32.6 Å². The van der Waals surface area contributed by atoms with Gasteiger partial charge in [-0.25, -0.2) is 9.18 Å².